The molecule has 1 aliphatic rings. The first-order valence-electron chi connectivity index (χ1n) is 7.51. The van der Waals surface area contributed by atoms with Crippen LogP contribution in [0.4, 0.5) is 0 Å². The lowest BCUT2D eigenvalue weighted by Crippen LogP contribution is -2.58. The fraction of sp³-hybridized carbons (Fsp3) is 0.588. The number of benzene rings is 1. The summed E-state index contributed by atoms with van der Waals surface area (Å²) in [5, 5.41) is 0. The van der Waals surface area contributed by atoms with E-state index in [0.29, 0.717) is 19.6 Å². The second-order valence-corrected chi connectivity index (χ2v) is 7.02. The smallest absolute Gasteiger partial charge is 0.254 e. The molecule has 2 rings (SSSR count). The minimum atomic E-state index is -0.327. The van der Waals surface area contributed by atoms with Crippen LogP contribution in [0.5, 0.6) is 0 Å². The Labute approximate surface area is 127 Å². The molecule has 1 aromatic rings. The number of ether oxygens (including phenoxy) is 1. The van der Waals surface area contributed by atoms with Crippen LogP contribution in [-0.2, 0) is 11.2 Å². The van der Waals surface area contributed by atoms with Crippen molar-refractivity contribution in [2.24, 2.45) is 5.73 Å². The lowest BCUT2D eigenvalue weighted by molar-refractivity contribution is -0.171. The third-order valence-electron chi connectivity index (χ3n) is 3.59. The third-order valence-corrected chi connectivity index (χ3v) is 3.59. The fourth-order valence-electron chi connectivity index (χ4n) is 3.14. The molecular weight excluding hydrogens is 264 g/mol. The summed E-state index contributed by atoms with van der Waals surface area (Å²) in [4.78, 5) is 14.7. The molecule has 0 bridgehead atoms. The number of carbonyl (C=O) groups is 1. The molecule has 1 fully saturated rings. The molecule has 1 saturated heterocycles. The highest BCUT2D eigenvalue weighted by Crippen LogP contribution is 2.29. The van der Waals surface area contributed by atoms with Gasteiger partial charge in [-0.3, -0.25) is 4.79 Å². The van der Waals surface area contributed by atoms with Gasteiger partial charge in [-0.2, -0.15) is 0 Å². The number of morpholine rings is 1. The van der Waals surface area contributed by atoms with E-state index in [1.807, 2.05) is 56.9 Å². The van der Waals surface area contributed by atoms with Crippen molar-refractivity contribution in [2.75, 3.05) is 19.6 Å². The van der Waals surface area contributed by atoms with Crippen molar-refractivity contribution in [1.82, 2.24) is 4.90 Å². The number of hydrogen-bond acceptors (Lipinski definition) is 3. The van der Waals surface area contributed by atoms with Crippen molar-refractivity contribution in [2.45, 2.75) is 45.3 Å². The second-order valence-electron chi connectivity index (χ2n) is 7.02. The first-order chi connectivity index (χ1) is 9.72. The number of amides is 1. The Bertz CT molecular complexity index is 507. The maximum Gasteiger partial charge on any atom is 0.254 e. The lowest BCUT2D eigenvalue weighted by atomic mass is 9.97. The molecule has 1 heterocycles. The molecule has 0 atom stereocenters. The molecule has 4 nitrogen and oxygen atoms in total. The van der Waals surface area contributed by atoms with Crippen LogP contribution in [0.3, 0.4) is 0 Å². The lowest BCUT2D eigenvalue weighted by Gasteiger charge is -2.47. The Morgan fingerprint density at radius 2 is 1.86 bits per heavy atom. The molecule has 0 unspecified atom stereocenters. The molecule has 0 aromatic heterocycles. The summed E-state index contributed by atoms with van der Waals surface area (Å²) < 4.78 is 6.03. The van der Waals surface area contributed by atoms with Crippen LogP contribution in [-0.4, -0.2) is 41.6 Å². The highest BCUT2D eigenvalue weighted by atomic mass is 16.5. The van der Waals surface area contributed by atoms with Crippen molar-refractivity contribution in [3.05, 3.63) is 35.4 Å². The zero-order chi connectivity index (χ0) is 15.7. The van der Waals surface area contributed by atoms with E-state index < -0.39 is 0 Å². The topological polar surface area (TPSA) is 55.6 Å². The van der Waals surface area contributed by atoms with Gasteiger partial charge in [-0.05, 0) is 58.4 Å². The zero-order valence-electron chi connectivity index (χ0n) is 13.5. The average molecular weight is 290 g/mol. The minimum absolute atomic E-state index is 0.0679. The van der Waals surface area contributed by atoms with E-state index in [1.54, 1.807) is 0 Å². The van der Waals surface area contributed by atoms with Gasteiger partial charge in [0.1, 0.15) is 0 Å². The summed E-state index contributed by atoms with van der Waals surface area (Å²) in [5.41, 5.74) is 6.77. The Kier molecular flexibility index (Phi) is 4.40. The predicted octanol–water partition coefficient (Wildman–Crippen LogP) is 2.22. The number of nitrogens with two attached hydrogens (primary N) is 1. The number of nitrogens with zero attached hydrogens (tertiary/aromatic N) is 1. The van der Waals surface area contributed by atoms with Crippen LogP contribution in [0.15, 0.2) is 24.3 Å². The Morgan fingerprint density at radius 1 is 1.24 bits per heavy atom. The van der Waals surface area contributed by atoms with Crippen molar-refractivity contribution < 1.29 is 9.53 Å². The molecule has 116 valence electrons. The Morgan fingerprint density at radius 3 is 2.43 bits per heavy atom. The molecule has 0 saturated carbocycles. The molecule has 1 aromatic carbocycles. The molecule has 2 N–H and O–H groups in total. The van der Waals surface area contributed by atoms with Gasteiger partial charge in [0, 0.05) is 18.7 Å². The molecule has 1 amide bonds. The van der Waals surface area contributed by atoms with Crippen LogP contribution in [0.1, 0.15) is 43.6 Å². The monoisotopic (exact) mass is 290 g/mol. The highest BCUT2D eigenvalue weighted by molar-refractivity contribution is 5.94. The van der Waals surface area contributed by atoms with Crippen LogP contribution >= 0.6 is 0 Å². The van der Waals surface area contributed by atoms with E-state index in [2.05, 4.69) is 0 Å². The van der Waals surface area contributed by atoms with E-state index in [-0.39, 0.29) is 17.1 Å². The SMILES string of the molecule is CC1(C)CN(C(=O)c2cccc(CCN)c2)CC(C)(C)O1. The Hall–Kier alpha value is -1.39. The van der Waals surface area contributed by atoms with Gasteiger partial charge < -0.3 is 15.4 Å². The number of carbonyl (C=O) groups excluding carboxylic acids is 1. The quantitative estimate of drug-likeness (QED) is 0.928. The predicted molar refractivity (Wildman–Crippen MR) is 84.3 cm³/mol. The molecule has 0 radical (unpaired) electrons. The van der Waals surface area contributed by atoms with E-state index in [4.69, 9.17) is 10.5 Å². The average Bonchev–Trinajstić information content (AvgIpc) is 2.35. The Balaban J connectivity index is 2.21. The van der Waals surface area contributed by atoms with Gasteiger partial charge >= 0.3 is 0 Å². The first-order valence-corrected chi connectivity index (χ1v) is 7.51. The second kappa shape index (κ2) is 5.78. The summed E-state index contributed by atoms with van der Waals surface area (Å²) in [6.45, 7) is 9.91. The van der Waals surface area contributed by atoms with Crippen LogP contribution < -0.4 is 5.73 Å². The highest BCUT2D eigenvalue weighted by Gasteiger charge is 2.40. The zero-order valence-corrected chi connectivity index (χ0v) is 13.5. The van der Waals surface area contributed by atoms with Crippen molar-refractivity contribution in [3.63, 3.8) is 0 Å². The van der Waals surface area contributed by atoms with Gasteiger partial charge in [0.25, 0.3) is 5.91 Å². The summed E-state index contributed by atoms with van der Waals surface area (Å²) in [6, 6.07) is 7.76. The normalized spacial score (nSPS) is 20.3. The molecule has 21 heavy (non-hydrogen) atoms. The van der Waals surface area contributed by atoms with E-state index in [1.165, 1.54) is 0 Å². The summed E-state index contributed by atoms with van der Waals surface area (Å²) in [6.07, 6.45) is 0.793. The maximum absolute atomic E-state index is 12.8. The van der Waals surface area contributed by atoms with Gasteiger partial charge in [-0.15, -0.1) is 0 Å². The van der Waals surface area contributed by atoms with Gasteiger partial charge in [0.2, 0.25) is 0 Å². The van der Waals surface area contributed by atoms with E-state index in [0.717, 1.165) is 17.5 Å². The van der Waals surface area contributed by atoms with Gasteiger partial charge in [0.05, 0.1) is 11.2 Å². The van der Waals surface area contributed by atoms with Crippen molar-refractivity contribution in [1.29, 1.82) is 0 Å². The van der Waals surface area contributed by atoms with Crippen LogP contribution in [0.25, 0.3) is 0 Å². The largest absolute Gasteiger partial charge is 0.366 e. The number of rotatable bonds is 3. The third kappa shape index (κ3) is 4.05. The van der Waals surface area contributed by atoms with Crippen LogP contribution in [0.2, 0.25) is 0 Å². The van der Waals surface area contributed by atoms with E-state index in [9.17, 15) is 4.79 Å². The van der Waals surface area contributed by atoms with Crippen LogP contribution in [0, 0.1) is 0 Å². The summed E-state index contributed by atoms with van der Waals surface area (Å²) in [5.74, 6) is 0.0679. The van der Waals surface area contributed by atoms with E-state index >= 15 is 0 Å². The fourth-order valence-corrected chi connectivity index (χ4v) is 3.14. The summed E-state index contributed by atoms with van der Waals surface area (Å²) >= 11 is 0. The van der Waals surface area contributed by atoms with Gasteiger partial charge in [-0.25, -0.2) is 0 Å². The number of hydrogen-bond donors (Lipinski definition) is 1. The molecule has 4 heteroatoms. The summed E-state index contributed by atoms with van der Waals surface area (Å²) in [7, 11) is 0. The van der Waals surface area contributed by atoms with Crippen molar-refractivity contribution in [3.8, 4) is 0 Å². The van der Waals surface area contributed by atoms with Gasteiger partial charge in [-0.1, -0.05) is 12.1 Å². The molecule has 1 aliphatic heterocycles. The first kappa shape index (κ1) is 16.0. The molecular formula is C17H26N2O2. The molecule has 0 aliphatic carbocycles. The minimum Gasteiger partial charge on any atom is -0.366 e. The van der Waals surface area contributed by atoms with Crippen molar-refractivity contribution >= 4 is 5.91 Å². The standard InChI is InChI=1S/C17H26N2O2/c1-16(2)11-19(12-17(3,4)21-16)15(20)14-7-5-6-13(10-14)8-9-18/h5-7,10H,8-9,11-12,18H2,1-4H3. The molecule has 0 spiro atoms. The van der Waals surface area contributed by atoms with Gasteiger partial charge in [0.15, 0.2) is 0 Å². The maximum atomic E-state index is 12.8.